The second-order valence-corrected chi connectivity index (χ2v) is 10.9. The highest BCUT2D eigenvalue weighted by molar-refractivity contribution is 7.90. The second kappa shape index (κ2) is 8.40. The van der Waals surface area contributed by atoms with Crippen LogP contribution in [0.3, 0.4) is 0 Å². The number of ether oxygens (including phenoxy) is 1. The second-order valence-electron chi connectivity index (χ2n) is 8.92. The lowest BCUT2D eigenvalue weighted by molar-refractivity contribution is -0.137. The van der Waals surface area contributed by atoms with Gasteiger partial charge < -0.3 is 9.64 Å². The monoisotopic (exact) mass is 505 g/mol. The van der Waals surface area contributed by atoms with Crippen LogP contribution in [-0.2, 0) is 29.1 Å². The van der Waals surface area contributed by atoms with Crippen molar-refractivity contribution < 1.29 is 31.1 Å². The van der Waals surface area contributed by atoms with Crippen LogP contribution in [0.1, 0.15) is 40.0 Å². The first-order chi connectivity index (χ1) is 16.5. The van der Waals surface area contributed by atoms with Gasteiger partial charge in [-0.15, -0.1) is 0 Å². The molecular formula is C24H22F3N3O4S. The number of amides is 1. The van der Waals surface area contributed by atoms with E-state index in [9.17, 15) is 26.4 Å². The van der Waals surface area contributed by atoms with Gasteiger partial charge in [0.1, 0.15) is 5.75 Å². The van der Waals surface area contributed by atoms with Crippen LogP contribution >= 0.6 is 0 Å². The van der Waals surface area contributed by atoms with Crippen LogP contribution in [0.25, 0.3) is 5.69 Å². The minimum atomic E-state index is -4.49. The van der Waals surface area contributed by atoms with E-state index in [1.807, 2.05) is 0 Å². The lowest BCUT2D eigenvalue weighted by Gasteiger charge is -2.19. The SMILES string of the molecule is CS(=O)(=O)c1ccc(OCC2CC2)c(C(=O)N2Cc3cnn(-c4cccc(C(F)(F)F)c4)c3C2)c1. The minimum absolute atomic E-state index is 0.00599. The molecule has 1 saturated carbocycles. The summed E-state index contributed by atoms with van der Waals surface area (Å²) in [7, 11) is -3.55. The molecule has 5 rings (SSSR count). The van der Waals surface area contributed by atoms with Gasteiger partial charge in [-0.05, 0) is 55.2 Å². The van der Waals surface area contributed by atoms with Gasteiger partial charge in [-0.25, -0.2) is 13.1 Å². The quantitative estimate of drug-likeness (QED) is 0.501. The molecule has 2 aromatic carbocycles. The third kappa shape index (κ3) is 4.77. The molecule has 0 spiro atoms. The summed E-state index contributed by atoms with van der Waals surface area (Å²) in [6, 6.07) is 9.06. The van der Waals surface area contributed by atoms with Gasteiger partial charge in [-0.1, -0.05) is 6.07 Å². The average Bonchev–Trinajstić information content (AvgIpc) is 3.40. The molecule has 1 aliphatic carbocycles. The molecule has 1 fully saturated rings. The third-order valence-electron chi connectivity index (χ3n) is 6.14. The smallest absolute Gasteiger partial charge is 0.416 e. The Morgan fingerprint density at radius 1 is 1.14 bits per heavy atom. The van der Waals surface area contributed by atoms with Crippen molar-refractivity contribution in [2.24, 2.45) is 5.92 Å². The molecule has 0 bridgehead atoms. The Labute approximate surface area is 200 Å². The van der Waals surface area contributed by atoms with E-state index in [2.05, 4.69) is 5.10 Å². The fourth-order valence-electron chi connectivity index (χ4n) is 4.03. The Morgan fingerprint density at radius 3 is 2.60 bits per heavy atom. The summed E-state index contributed by atoms with van der Waals surface area (Å²) in [6.07, 6.45) is 0.211. The Morgan fingerprint density at radius 2 is 1.91 bits per heavy atom. The molecule has 1 amide bonds. The molecule has 0 atom stereocenters. The average molecular weight is 506 g/mol. The van der Waals surface area contributed by atoms with Crippen LogP contribution < -0.4 is 4.74 Å². The molecule has 1 aromatic heterocycles. The van der Waals surface area contributed by atoms with Crippen LogP contribution in [0.4, 0.5) is 13.2 Å². The predicted molar refractivity (Wildman–Crippen MR) is 120 cm³/mol. The molecule has 3 aromatic rings. The van der Waals surface area contributed by atoms with E-state index in [4.69, 9.17) is 4.74 Å². The molecule has 0 saturated heterocycles. The number of benzene rings is 2. The topological polar surface area (TPSA) is 81.5 Å². The molecule has 35 heavy (non-hydrogen) atoms. The zero-order chi connectivity index (χ0) is 25.0. The van der Waals surface area contributed by atoms with Gasteiger partial charge in [0.25, 0.3) is 5.91 Å². The number of carbonyl (C=O) groups excluding carboxylic acids is 1. The normalized spacial score (nSPS) is 15.8. The Balaban J connectivity index is 1.43. The minimum Gasteiger partial charge on any atom is -0.492 e. The molecular weight excluding hydrogens is 483 g/mol. The largest absolute Gasteiger partial charge is 0.492 e. The van der Waals surface area contributed by atoms with Crippen molar-refractivity contribution in [2.45, 2.75) is 37.0 Å². The number of fused-ring (bicyclic) bond motifs is 1. The first-order valence-electron chi connectivity index (χ1n) is 11.0. The van der Waals surface area contributed by atoms with Crippen molar-refractivity contribution in [1.82, 2.24) is 14.7 Å². The van der Waals surface area contributed by atoms with Gasteiger partial charge in [0.2, 0.25) is 0 Å². The zero-order valence-electron chi connectivity index (χ0n) is 18.7. The highest BCUT2D eigenvalue weighted by Gasteiger charge is 2.33. The summed E-state index contributed by atoms with van der Waals surface area (Å²) in [4.78, 5) is 15.0. The molecule has 11 heteroatoms. The van der Waals surface area contributed by atoms with Gasteiger partial charge in [0.15, 0.2) is 9.84 Å². The van der Waals surface area contributed by atoms with E-state index in [1.54, 1.807) is 0 Å². The summed E-state index contributed by atoms with van der Waals surface area (Å²) < 4.78 is 70.9. The summed E-state index contributed by atoms with van der Waals surface area (Å²) in [5, 5.41) is 4.22. The molecule has 2 aliphatic rings. The van der Waals surface area contributed by atoms with E-state index >= 15 is 0 Å². The number of carbonyl (C=O) groups is 1. The van der Waals surface area contributed by atoms with Crippen LogP contribution in [0.5, 0.6) is 5.75 Å². The van der Waals surface area contributed by atoms with Crippen LogP contribution in [0, 0.1) is 5.92 Å². The highest BCUT2D eigenvalue weighted by atomic mass is 32.2. The predicted octanol–water partition coefficient (Wildman–Crippen LogP) is 4.24. The molecule has 1 aliphatic heterocycles. The van der Waals surface area contributed by atoms with Gasteiger partial charge in [-0.3, -0.25) is 4.79 Å². The molecule has 184 valence electrons. The summed E-state index contributed by atoms with van der Waals surface area (Å²) in [5.74, 6) is 0.319. The maximum atomic E-state index is 13.5. The maximum Gasteiger partial charge on any atom is 0.416 e. The lowest BCUT2D eigenvalue weighted by atomic mass is 10.1. The van der Waals surface area contributed by atoms with Gasteiger partial charge in [-0.2, -0.15) is 18.3 Å². The molecule has 0 radical (unpaired) electrons. The van der Waals surface area contributed by atoms with E-state index in [-0.39, 0.29) is 29.2 Å². The standard InChI is InChI=1S/C24H22F3N3O4S/c1-35(32,33)19-7-8-22(34-14-15-5-6-15)20(10-19)23(31)29-12-16-11-28-30(21(16)13-29)18-4-2-3-17(9-18)24(25,26)27/h2-4,7-11,15H,5-6,12-14H2,1H3. The van der Waals surface area contributed by atoms with Gasteiger partial charge in [0.05, 0.1) is 46.8 Å². The fourth-order valence-corrected chi connectivity index (χ4v) is 4.67. The Bertz CT molecular complexity index is 1410. The number of aromatic nitrogens is 2. The summed E-state index contributed by atoms with van der Waals surface area (Å²) in [5.41, 5.74) is 0.883. The first kappa shape index (κ1) is 23.4. The molecule has 2 heterocycles. The molecule has 7 nitrogen and oxygen atoms in total. The maximum absolute atomic E-state index is 13.5. The van der Waals surface area contributed by atoms with Gasteiger partial charge >= 0.3 is 6.18 Å². The number of rotatable bonds is 6. The van der Waals surface area contributed by atoms with Gasteiger partial charge in [0, 0.05) is 18.4 Å². The summed E-state index contributed by atoms with van der Waals surface area (Å²) >= 11 is 0. The van der Waals surface area contributed by atoms with Crippen molar-refractivity contribution in [2.75, 3.05) is 12.9 Å². The van der Waals surface area contributed by atoms with Crippen LogP contribution in [0.2, 0.25) is 0 Å². The van der Waals surface area contributed by atoms with Crippen LogP contribution in [0.15, 0.2) is 53.6 Å². The Hall–Kier alpha value is -3.34. The van der Waals surface area contributed by atoms with E-state index < -0.39 is 27.5 Å². The van der Waals surface area contributed by atoms with Crippen molar-refractivity contribution in [3.05, 3.63) is 71.0 Å². The first-order valence-corrected chi connectivity index (χ1v) is 12.9. The number of halogens is 3. The van der Waals surface area contributed by atoms with Crippen molar-refractivity contribution >= 4 is 15.7 Å². The van der Waals surface area contributed by atoms with E-state index in [0.717, 1.165) is 31.2 Å². The third-order valence-corrected chi connectivity index (χ3v) is 7.25. The van der Waals surface area contributed by atoms with E-state index in [1.165, 1.54) is 46.1 Å². The molecule has 0 N–H and O–H groups in total. The number of hydrogen-bond donors (Lipinski definition) is 0. The van der Waals surface area contributed by atoms with Crippen molar-refractivity contribution in [3.8, 4) is 11.4 Å². The van der Waals surface area contributed by atoms with Crippen molar-refractivity contribution in [3.63, 3.8) is 0 Å². The lowest BCUT2D eigenvalue weighted by Crippen LogP contribution is -2.27. The Kier molecular flexibility index (Phi) is 5.62. The number of alkyl halides is 3. The number of sulfone groups is 1. The molecule has 0 unspecified atom stereocenters. The van der Waals surface area contributed by atoms with Crippen LogP contribution in [-0.4, -0.2) is 41.9 Å². The fraction of sp³-hybridized carbons (Fsp3) is 0.333. The summed E-state index contributed by atoms with van der Waals surface area (Å²) in [6.45, 7) is 0.747. The van der Waals surface area contributed by atoms with E-state index in [0.29, 0.717) is 29.5 Å². The number of hydrogen-bond acceptors (Lipinski definition) is 5. The number of nitrogens with zero attached hydrogens (tertiary/aromatic N) is 3. The van der Waals surface area contributed by atoms with Crippen molar-refractivity contribution in [1.29, 1.82) is 0 Å². The zero-order valence-corrected chi connectivity index (χ0v) is 19.6. The highest BCUT2D eigenvalue weighted by Crippen LogP contribution is 2.34.